The molecule has 0 amide bonds. The lowest BCUT2D eigenvalue weighted by atomic mass is 9.70. The Bertz CT molecular complexity index is 658. The average Bonchev–Trinajstić information content (AvgIpc) is 3.13. The summed E-state index contributed by atoms with van der Waals surface area (Å²) in [5.41, 5.74) is 2.61. The summed E-state index contributed by atoms with van der Waals surface area (Å²) in [5.74, 6) is 0.192. The van der Waals surface area contributed by atoms with E-state index in [0.717, 1.165) is 25.2 Å². The summed E-state index contributed by atoms with van der Waals surface area (Å²) in [6.07, 6.45) is 2.54. The zero-order chi connectivity index (χ0) is 17.9. The Morgan fingerprint density at radius 2 is 1.56 bits per heavy atom. The first-order valence-electron chi connectivity index (χ1n) is 9.58. The van der Waals surface area contributed by atoms with Gasteiger partial charge in [0.2, 0.25) is 0 Å². The van der Waals surface area contributed by atoms with Gasteiger partial charge in [-0.3, -0.25) is 0 Å². The molecule has 2 atom stereocenters. The highest BCUT2D eigenvalue weighted by Crippen LogP contribution is 2.43. The molecule has 1 fully saturated rings. The monoisotopic (exact) mass is 337 g/mol. The van der Waals surface area contributed by atoms with E-state index in [2.05, 4.69) is 80.3 Å². The van der Waals surface area contributed by atoms with E-state index in [4.69, 9.17) is 0 Å². The van der Waals surface area contributed by atoms with Crippen molar-refractivity contribution in [3.63, 3.8) is 0 Å². The summed E-state index contributed by atoms with van der Waals surface area (Å²) in [6.45, 7) is 9.57. The first-order chi connectivity index (χ1) is 12.0. The number of rotatable bonds is 6. The van der Waals surface area contributed by atoms with Crippen LogP contribution in [0.4, 0.5) is 0 Å². The molecule has 3 rings (SSSR count). The van der Waals surface area contributed by atoms with Crippen LogP contribution in [0, 0.1) is 12.8 Å². The van der Waals surface area contributed by atoms with Crippen molar-refractivity contribution in [1.82, 2.24) is 4.90 Å². The third-order valence-corrected chi connectivity index (χ3v) is 5.77. The number of hydrogen-bond donors (Lipinski definition) is 1. The van der Waals surface area contributed by atoms with Crippen molar-refractivity contribution in [3.8, 4) is 0 Å². The summed E-state index contributed by atoms with van der Waals surface area (Å²) >= 11 is 0. The van der Waals surface area contributed by atoms with Gasteiger partial charge in [-0.1, -0.05) is 74.0 Å². The van der Waals surface area contributed by atoms with E-state index in [9.17, 15) is 5.11 Å². The van der Waals surface area contributed by atoms with Gasteiger partial charge in [-0.25, -0.2) is 0 Å². The molecule has 134 valence electrons. The summed E-state index contributed by atoms with van der Waals surface area (Å²) in [4.78, 5) is 2.51. The molecule has 0 unspecified atom stereocenters. The maximum Gasteiger partial charge on any atom is 0.0999 e. The van der Waals surface area contributed by atoms with Crippen LogP contribution in [0.25, 0.3) is 0 Å². The smallest absolute Gasteiger partial charge is 0.0999 e. The Labute approximate surface area is 152 Å². The highest BCUT2D eigenvalue weighted by Gasteiger charge is 2.43. The maximum atomic E-state index is 12.0. The van der Waals surface area contributed by atoms with Crippen LogP contribution in [0.3, 0.4) is 0 Å². The third-order valence-electron chi connectivity index (χ3n) is 5.77. The minimum atomic E-state index is -0.877. The Hall–Kier alpha value is -1.64. The molecule has 0 saturated carbocycles. The molecule has 0 aromatic heterocycles. The lowest BCUT2D eigenvalue weighted by Gasteiger charge is -2.42. The third kappa shape index (κ3) is 3.80. The molecule has 1 N–H and O–H groups in total. The fraction of sp³-hybridized carbons (Fsp3) is 0.478. The predicted molar refractivity (Wildman–Crippen MR) is 105 cm³/mol. The molecule has 2 aromatic rings. The lowest BCUT2D eigenvalue weighted by molar-refractivity contribution is -0.0447. The Morgan fingerprint density at radius 3 is 2.12 bits per heavy atom. The van der Waals surface area contributed by atoms with Gasteiger partial charge < -0.3 is 10.0 Å². The van der Waals surface area contributed by atoms with Gasteiger partial charge in [0.1, 0.15) is 0 Å². The molecule has 0 aliphatic carbocycles. The first-order valence-corrected chi connectivity index (χ1v) is 9.58. The summed E-state index contributed by atoms with van der Waals surface area (Å²) in [5, 5.41) is 12.0. The van der Waals surface area contributed by atoms with Crippen LogP contribution < -0.4 is 0 Å². The minimum Gasteiger partial charge on any atom is -0.384 e. The van der Waals surface area contributed by atoms with E-state index in [1.54, 1.807) is 0 Å². The molecule has 2 nitrogen and oxygen atoms in total. The number of nitrogens with zero attached hydrogens (tertiary/aromatic N) is 1. The number of aliphatic hydroxyl groups is 1. The van der Waals surface area contributed by atoms with Crippen LogP contribution in [-0.2, 0) is 5.60 Å². The Balaban J connectivity index is 2.04. The molecule has 2 heteroatoms. The van der Waals surface area contributed by atoms with Crippen LogP contribution in [0.5, 0.6) is 0 Å². The largest absolute Gasteiger partial charge is 0.384 e. The van der Waals surface area contributed by atoms with Crippen molar-refractivity contribution in [2.75, 3.05) is 19.6 Å². The molecular weight excluding hydrogens is 306 g/mol. The predicted octanol–water partition coefficient (Wildman–Crippen LogP) is 4.72. The maximum absolute atomic E-state index is 12.0. The molecule has 0 bridgehead atoms. The van der Waals surface area contributed by atoms with Gasteiger partial charge in [-0.2, -0.15) is 0 Å². The number of benzene rings is 2. The van der Waals surface area contributed by atoms with Gasteiger partial charge >= 0.3 is 0 Å². The van der Waals surface area contributed by atoms with Gasteiger partial charge in [-0.15, -0.1) is 0 Å². The minimum absolute atomic E-state index is 0.0644. The number of aryl methyl sites for hydroxylation is 1. The van der Waals surface area contributed by atoms with Crippen LogP contribution in [0.2, 0.25) is 0 Å². The van der Waals surface area contributed by atoms with Crippen LogP contribution >= 0.6 is 0 Å². The second-order valence-electron chi connectivity index (χ2n) is 7.82. The van der Waals surface area contributed by atoms with Crippen molar-refractivity contribution in [2.24, 2.45) is 5.92 Å². The summed E-state index contributed by atoms with van der Waals surface area (Å²) in [6, 6.07) is 19.0. The van der Waals surface area contributed by atoms with Gasteiger partial charge in [0.25, 0.3) is 0 Å². The molecule has 25 heavy (non-hydrogen) atoms. The Morgan fingerprint density at radius 1 is 0.960 bits per heavy atom. The van der Waals surface area contributed by atoms with E-state index in [1.165, 1.54) is 24.0 Å². The van der Waals surface area contributed by atoms with E-state index in [0.29, 0.717) is 0 Å². The van der Waals surface area contributed by atoms with Gasteiger partial charge in [-0.05, 0) is 49.9 Å². The molecule has 1 aliphatic rings. The van der Waals surface area contributed by atoms with Crippen LogP contribution in [0.15, 0.2) is 54.6 Å². The molecule has 1 saturated heterocycles. The van der Waals surface area contributed by atoms with E-state index in [-0.39, 0.29) is 11.8 Å². The fourth-order valence-electron chi connectivity index (χ4n) is 4.16. The molecule has 1 aliphatic heterocycles. The quantitative estimate of drug-likeness (QED) is 0.824. The Kier molecular flexibility index (Phi) is 5.61. The van der Waals surface area contributed by atoms with Gasteiger partial charge in [0.15, 0.2) is 0 Å². The van der Waals surface area contributed by atoms with Crippen molar-refractivity contribution < 1.29 is 5.11 Å². The molecule has 2 aromatic carbocycles. The van der Waals surface area contributed by atoms with Crippen molar-refractivity contribution in [1.29, 1.82) is 0 Å². The first kappa shape index (κ1) is 18.2. The normalized spacial score (nSPS) is 19.1. The second-order valence-corrected chi connectivity index (χ2v) is 7.82. The van der Waals surface area contributed by atoms with Gasteiger partial charge in [0, 0.05) is 12.5 Å². The topological polar surface area (TPSA) is 23.5 Å². The lowest BCUT2D eigenvalue weighted by Crippen LogP contribution is -2.44. The highest BCUT2D eigenvalue weighted by atomic mass is 16.3. The summed E-state index contributed by atoms with van der Waals surface area (Å²) in [7, 11) is 0. The average molecular weight is 338 g/mol. The van der Waals surface area contributed by atoms with E-state index < -0.39 is 5.60 Å². The molecule has 0 radical (unpaired) electrons. The number of likely N-dealkylation sites (tertiary alicyclic amines) is 1. The SMILES string of the molecule is Cc1ccc([C@](O)(C(C)C)[C@H](CN2CCCC2)c2ccccc2)cc1. The molecular formula is C23H31NO. The van der Waals surface area contributed by atoms with E-state index in [1.807, 2.05) is 0 Å². The van der Waals surface area contributed by atoms with Gasteiger partial charge in [0.05, 0.1) is 5.60 Å². The van der Waals surface area contributed by atoms with Crippen molar-refractivity contribution >= 4 is 0 Å². The van der Waals surface area contributed by atoms with Crippen molar-refractivity contribution in [2.45, 2.75) is 45.1 Å². The standard InChI is InChI=1S/C23H31NO/c1-18(2)23(25,21-13-11-19(3)12-14-21)22(17-24-15-7-8-16-24)20-9-5-4-6-10-20/h4-6,9-14,18,22,25H,7-8,15-17H2,1-3H3/t22-,23-/m1/s1. The summed E-state index contributed by atoms with van der Waals surface area (Å²) < 4.78 is 0. The molecule has 0 spiro atoms. The zero-order valence-electron chi connectivity index (χ0n) is 15.8. The zero-order valence-corrected chi connectivity index (χ0v) is 15.8. The molecule has 1 heterocycles. The van der Waals surface area contributed by atoms with Crippen molar-refractivity contribution in [3.05, 3.63) is 71.3 Å². The van der Waals surface area contributed by atoms with E-state index >= 15 is 0 Å². The second kappa shape index (κ2) is 7.72. The van der Waals surface area contributed by atoms with Crippen LogP contribution in [-0.4, -0.2) is 29.6 Å². The fourth-order valence-corrected chi connectivity index (χ4v) is 4.16. The number of hydrogen-bond acceptors (Lipinski definition) is 2. The van der Waals surface area contributed by atoms with Crippen LogP contribution in [0.1, 0.15) is 49.3 Å². The highest BCUT2D eigenvalue weighted by molar-refractivity contribution is 5.34.